The Morgan fingerprint density at radius 2 is 2.05 bits per heavy atom. The standard InChI is InChI=1S/C13H17F2N3S/c1-9-10(18-6-7-19-11(18)17-9)12(8-16)2-4-13(14,15)5-3-12/h6-7H,2-5,8,16H2,1H3. The summed E-state index contributed by atoms with van der Waals surface area (Å²) in [6.07, 6.45) is 2.66. The maximum absolute atomic E-state index is 13.4. The molecule has 0 radical (unpaired) electrons. The highest BCUT2D eigenvalue weighted by Crippen LogP contribution is 2.46. The number of aromatic nitrogens is 2. The lowest BCUT2D eigenvalue weighted by Gasteiger charge is -2.39. The van der Waals surface area contributed by atoms with Gasteiger partial charge in [-0.25, -0.2) is 13.8 Å². The summed E-state index contributed by atoms with van der Waals surface area (Å²) < 4.78 is 28.9. The van der Waals surface area contributed by atoms with Gasteiger partial charge in [-0.15, -0.1) is 11.3 Å². The van der Waals surface area contributed by atoms with Crippen molar-refractivity contribution in [3.05, 3.63) is 23.0 Å². The highest BCUT2D eigenvalue weighted by atomic mass is 32.1. The topological polar surface area (TPSA) is 43.3 Å². The van der Waals surface area contributed by atoms with E-state index in [1.54, 1.807) is 11.3 Å². The molecule has 0 spiro atoms. The molecular weight excluding hydrogens is 268 g/mol. The van der Waals surface area contributed by atoms with Crippen molar-refractivity contribution >= 4 is 16.3 Å². The van der Waals surface area contributed by atoms with Crippen LogP contribution in [0.1, 0.15) is 37.1 Å². The number of aryl methyl sites for hydroxylation is 1. The molecule has 0 saturated heterocycles. The van der Waals surface area contributed by atoms with Gasteiger partial charge in [-0.3, -0.25) is 4.40 Å². The Balaban J connectivity index is 2.07. The molecule has 19 heavy (non-hydrogen) atoms. The van der Waals surface area contributed by atoms with Gasteiger partial charge in [0.1, 0.15) is 0 Å². The predicted octanol–water partition coefficient (Wildman–Crippen LogP) is 3.11. The zero-order valence-corrected chi connectivity index (χ0v) is 11.6. The first kappa shape index (κ1) is 13.0. The van der Waals surface area contributed by atoms with Crippen LogP contribution in [0.3, 0.4) is 0 Å². The van der Waals surface area contributed by atoms with E-state index in [9.17, 15) is 8.78 Å². The van der Waals surface area contributed by atoms with Crippen molar-refractivity contribution in [2.75, 3.05) is 6.54 Å². The largest absolute Gasteiger partial charge is 0.330 e. The molecule has 0 unspecified atom stereocenters. The summed E-state index contributed by atoms with van der Waals surface area (Å²) in [4.78, 5) is 5.43. The van der Waals surface area contributed by atoms with Crippen molar-refractivity contribution in [3.8, 4) is 0 Å². The molecule has 3 nitrogen and oxygen atoms in total. The van der Waals surface area contributed by atoms with E-state index in [1.165, 1.54) is 0 Å². The smallest absolute Gasteiger partial charge is 0.248 e. The van der Waals surface area contributed by atoms with Gasteiger partial charge >= 0.3 is 0 Å². The summed E-state index contributed by atoms with van der Waals surface area (Å²) in [5.41, 5.74) is 7.56. The Morgan fingerprint density at radius 1 is 1.37 bits per heavy atom. The van der Waals surface area contributed by atoms with Crippen LogP contribution in [0.25, 0.3) is 4.96 Å². The summed E-state index contributed by atoms with van der Waals surface area (Å²) in [5, 5.41) is 1.97. The lowest BCUT2D eigenvalue weighted by molar-refractivity contribution is -0.0515. The molecule has 0 atom stereocenters. The Hall–Kier alpha value is -1.01. The van der Waals surface area contributed by atoms with Gasteiger partial charge in [-0.2, -0.15) is 0 Å². The van der Waals surface area contributed by atoms with Crippen molar-refractivity contribution in [2.45, 2.75) is 43.9 Å². The zero-order valence-electron chi connectivity index (χ0n) is 10.8. The second-order valence-electron chi connectivity index (χ2n) is 5.44. The molecule has 2 aromatic heterocycles. The van der Waals surface area contributed by atoms with Crippen LogP contribution in [-0.4, -0.2) is 21.9 Å². The van der Waals surface area contributed by atoms with Gasteiger partial charge in [0.25, 0.3) is 0 Å². The van der Waals surface area contributed by atoms with Gasteiger partial charge in [0.15, 0.2) is 4.96 Å². The fourth-order valence-corrected chi connectivity index (χ4v) is 3.92. The molecular formula is C13H17F2N3S. The Morgan fingerprint density at radius 3 is 2.68 bits per heavy atom. The number of hydrogen-bond donors (Lipinski definition) is 1. The lowest BCUT2D eigenvalue weighted by atomic mass is 9.70. The van der Waals surface area contributed by atoms with E-state index < -0.39 is 5.92 Å². The molecule has 1 fully saturated rings. The summed E-state index contributed by atoms with van der Waals surface area (Å²) in [5.74, 6) is -2.54. The van der Waals surface area contributed by atoms with E-state index in [0.717, 1.165) is 16.3 Å². The van der Waals surface area contributed by atoms with Crippen molar-refractivity contribution in [3.63, 3.8) is 0 Å². The third kappa shape index (κ3) is 1.97. The van der Waals surface area contributed by atoms with Crippen molar-refractivity contribution in [1.29, 1.82) is 0 Å². The minimum Gasteiger partial charge on any atom is -0.330 e. The van der Waals surface area contributed by atoms with Gasteiger partial charge in [0, 0.05) is 36.4 Å². The zero-order chi connectivity index (χ0) is 13.7. The highest BCUT2D eigenvalue weighted by molar-refractivity contribution is 7.15. The highest BCUT2D eigenvalue weighted by Gasteiger charge is 2.45. The predicted molar refractivity (Wildman–Crippen MR) is 72.0 cm³/mol. The quantitative estimate of drug-likeness (QED) is 0.921. The van der Waals surface area contributed by atoms with E-state index in [2.05, 4.69) is 4.98 Å². The van der Waals surface area contributed by atoms with E-state index in [4.69, 9.17) is 5.73 Å². The molecule has 2 N–H and O–H groups in total. The number of nitrogens with zero attached hydrogens (tertiary/aromatic N) is 2. The molecule has 0 aromatic carbocycles. The molecule has 0 bridgehead atoms. The van der Waals surface area contributed by atoms with Gasteiger partial charge in [-0.05, 0) is 19.8 Å². The van der Waals surface area contributed by atoms with Gasteiger partial charge in [-0.1, -0.05) is 0 Å². The average molecular weight is 285 g/mol. The van der Waals surface area contributed by atoms with Crippen LogP contribution in [0.15, 0.2) is 11.6 Å². The number of imidazole rings is 1. The number of thiazole rings is 1. The van der Waals surface area contributed by atoms with Crippen LogP contribution in [0.4, 0.5) is 8.78 Å². The summed E-state index contributed by atoms with van der Waals surface area (Å²) in [6, 6.07) is 0. The van der Waals surface area contributed by atoms with E-state index in [1.807, 2.05) is 22.9 Å². The van der Waals surface area contributed by atoms with Crippen LogP contribution in [0.5, 0.6) is 0 Å². The van der Waals surface area contributed by atoms with Gasteiger partial charge in [0.05, 0.1) is 11.4 Å². The first-order chi connectivity index (χ1) is 8.97. The average Bonchev–Trinajstić information content (AvgIpc) is 2.91. The molecule has 6 heteroatoms. The van der Waals surface area contributed by atoms with Crippen LogP contribution in [0.2, 0.25) is 0 Å². The fraction of sp³-hybridized carbons (Fsp3) is 0.615. The van der Waals surface area contributed by atoms with Gasteiger partial charge in [0.2, 0.25) is 5.92 Å². The number of rotatable bonds is 2. The molecule has 1 aliphatic rings. The molecule has 0 aliphatic heterocycles. The van der Waals surface area contributed by atoms with Gasteiger partial charge < -0.3 is 5.73 Å². The summed E-state index contributed by atoms with van der Waals surface area (Å²) >= 11 is 1.56. The van der Waals surface area contributed by atoms with Crippen molar-refractivity contribution < 1.29 is 8.78 Å². The number of nitrogens with two attached hydrogens (primary N) is 1. The molecule has 1 aliphatic carbocycles. The Labute approximate surface area is 114 Å². The van der Waals surface area contributed by atoms with E-state index >= 15 is 0 Å². The maximum atomic E-state index is 13.4. The molecule has 2 heterocycles. The number of alkyl halides is 2. The number of fused-ring (bicyclic) bond motifs is 1. The normalized spacial score (nSPS) is 21.9. The third-order valence-corrected chi connectivity index (χ3v) is 5.02. The SMILES string of the molecule is Cc1nc2sccn2c1C1(CN)CCC(F)(F)CC1. The lowest BCUT2D eigenvalue weighted by Crippen LogP contribution is -2.43. The van der Waals surface area contributed by atoms with E-state index in [-0.39, 0.29) is 18.3 Å². The molecule has 1 saturated carbocycles. The molecule has 104 valence electrons. The third-order valence-electron chi connectivity index (χ3n) is 4.27. The fourth-order valence-electron chi connectivity index (χ4n) is 3.17. The Bertz CT molecular complexity index is 592. The van der Waals surface area contributed by atoms with Crippen LogP contribution in [0, 0.1) is 6.92 Å². The van der Waals surface area contributed by atoms with E-state index in [0.29, 0.717) is 19.4 Å². The first-order valence-electron chi connectivity index (χ1n) is 6.48. The maximum Gasteiger partial charge on any atom is 0.248 e. The van der Waals surface area contributed by atoms with Crippen LogP contribution >= 0.6 is 11.3 Å². The van der Waals surface area contributed by atoms with Crippen molar-refractivity contribution in [1.82, 2.24) is 9.38 Å². The molecule has 3 rings (SSSR count). The monoisotopic (exact) mass is 285 g/mol. The summed E-state index contributed by atoms with van der Waals surface area (Å²) in [7, 11) is 0. The second-order valence-corrected chi connectivity index (χ2v) is 6.31. The second kappa shape index (κ2) is 4.24. The summed E-state index contributed by atoms with van der Waals surface area (Å²) in [6.45, 7) is 2.34. The minimum atomic E-state index is -2.54. The number of halogens is 2. The van der Waals surface area contributed by atoms with Crippen LogP contribution < -0.4 is 5.73 Å². The first-order valence-corrected chi connectivity index (χ1v) is 7.36. The Kier molecular flexibility index (Phi) is 2.90. The van der Waals surface area contributed by atoms with Crippen LogP contribution in [-0.2, 0) is 5.41 Å². The number of hydrogen-bond acceptors (Lipinski definition) is 3. The minimum absolute atomic E-state index is 0.0823. The van der Waals surface area contributed by atoms with Crippen molar-refractivity contribution in [2.24, 2.45) is 5.73 Å². The molecule has 2 aromatic rings. The molecule has 0 amide bonds.